The quantitative estimate of drug-likeness (QED) is 0.643. The zero-order chi connectivity index (χ0) is 15.3. The fourth-order valence-electron chi connectivity index (χ4n) is 3.64. The molecule has 0 saturated carbocycles. The van der Waals surface area contributed by atoms with Gasteiger partial charge in [0.05, 0.1) is 0 Å². The highest BCUT2D eigenvalue weighted by molar-refractivity contribution is 6.26. The van der Waals surface area contributed by atoms with E-state index in [-0.39, 0.29) is 11.8 Å². The second-order valence-corrected chi connectivity index (χ2v) is 5.90. The van der Waals surface area contributed by atoms with Gasteiger partial charge in [0.15, 0.2) is 0 Å². The Morgan fingerprint density at radius 3 is 2.09 bits per heavy atom. The molecule has 0 N–H and O–H groups in total. The van der Waals surface area contributed by atoms with Crippen molar-refractivity contribution < 1.29 is 14.3 Å². The molecular formula is C18H17NO3. The zero-order valence-electron chi connectivity index (χ0n) is 12.5. The summed E-state index contributed by atoms with van der Waals surface area (Å²) >= 11 is 0. The minimum absolute atomic E-state index is 0.177. The SMILES string of the molecule is COCCCN1C(=O)c2ccc3c4c(ccc(c24)C1=O)CC3. The largest absolute Gasteiger partial charge is 0.385 e. The van der Waals surface area contributed by atoms with Crippen molar-refractivity contribution >= 4 is 22.6 Å². The monoisotopic (exact) mass is 295 g/mol. The molecule has 4 heteroatoms. The van der Waals surface area contributed by atoms with Crippen LogP contribution in [0.25, 0.3) is 10.8 Å². The lowest BCUT2D eigenvalue weighted by atomic mass is 9.91. The summed E-state index contributed by atoms with van der Waals surface area (Å²) in [4.78, 5) is 26.8. The number of benzene rings is 2. The number of imide groups is 1. The number of rotatable bonds is 4. The highest BCUT2D eigenvalue weighted by Gasteiger charge is 2.34. The number of methoxy groups -OCH3 is 1. The minimum atomic E-state index is -0.177. The maximum absolute atomic E-state index is 12.7. The summed E-state index contributed by atoms with van der Waals surface area (Å²) in [6, 6.07) is 7.85. The van der Waals surface area contributed by atoms with Gasteiger partial charge in [-0.2, -0.15) is 0 Å². The molecule has 22 heavy (non-hydrogen) atoms. The van der Waals surface area contributed by atoms with Gasteiger partial charge in [-0.1, -0.05) is 12.1 Å². The normalized spacial score (nSPS) is 16.0. The summed E-state index contributed by atoms with van der Waals surface area (Å²) < 4.78 is 5.02. The third-order valence-corrected chi connectivity index (χ3v) is 4.68. The van der Waals surface area contributed by atoms with Crippen LogP contribution in [0.1, 0.15) is 38.3 Å². The molecule has 0 atom stereocenters. The van der Waals surface area contributed by atoms with Crippen molar-refractivity contribution in [1.29, 1.82) is 0 Å². The Bertz CT molecular complexity index is 751. The van der Waals surface area contributed by atoms with Crippen molar-refractivity contribution in [1.82, 2.24) is 4.90 Å². The molecule has 2 aromatic carbocycles. The molecular weight excluding hydrogens is 278 g/mol. The summed E-state index contributed by atoms with van der Waals surface area (Å²) in [7, 11) is 1.62. The van der Waals surface area contributed by atoms with Gasteiger partial charge in [0.1, 0.15) is 0 Å². The molecule has 112 valence electrons. The van der Waals surface area contributed by atoms with Crippen LogP contribution in [0.15, 0.2) is 24.3 Å². The Hall–Kier alpha value is -2.20. The van der Waals surface area contributed by atoms with Gasteiger partial charge in [0.25, 0.3) is 11.8 Å². The number of nitrogens with zero attached hydrogens (tertiary/aromatic N) is 1. The summed E-state index contributed by atoms with van der Waals surface area (Å²) in [6.07, 6.45) is 2.65. The minimum Gasteiger partial charge on any atom is -0.385 e. The van der Waals surface area contributed by atoms with E-state index in [1.54, 1.807) is 7.11 Å². The molecule has 4 rings (SSSR count). The van der Waals surface area contributed by atoms with E-state index in [1.165, 1.54) is 16.0 Å². The summed E-state index contributed by atoms with van der Waals surface area (Å²) in [5, 5.41) is 2.00. The average molecular weight is 295 g/mol. The molecule has 4 nitrogen and oxygen atoms in total. The van der Waals surface area contributed by atoms with Gasteiger partial charge in [-0.25, -0.2) is 0 Å². The van der Waals surface area contributed by atoms with Crippen LogP contribution in [0.5, 0.6) is 0 Å². The lowest BCUT2D eigenvalue weighted by molar-refractivity contribution is 0.0595. The highest BCUT2D eigenvalue weighted by Crippen LogP contribution is 2.38. The number of hydrogen-bond donors (Lipinski definition) is 0. The van der Waals surface area contributed by atoms with Crippen LogP contribution in [-0.4, -0.2) is 37.0 Å². The van der Waals surface area contributed by atoms with Crippen LogP contribution in [-0.2, 0) is 17.6 Å². The Morgan fingerprint density at radius 1 is 0.955 bits per heavy atom. The predicted molar refractivity (Wildman–Crippen MR) is 83.2 cm³/mol. The van der Waals surface area contributed by atoms with Crippen molar-refractivity contribution in [2.24, 2.45) is 0 Å². The van der Waals surface area contributed by atoms with E-state index < -0.39 is 0 Å². The molecule has 0 spiro atoms. The van der Waals surface area contributed by atoms with Crippen molar-refractivity contribution in [2.45, 2.75) is 19.3 Å². The van der Waals surface area contributed by atoms with Gasteiger partial charge in [-0.15, -0.1) is 0 Å². The first-order chi connectivity index (χ1) is 10.7. The first-order valence-corrected chi connectivity index (χ1v) is 7.65. The standard InChI is InChI=1S/C18H17NO3/c1-22-10-2-9-19-17(20)13-7-5-11-3-4-12-6-8-14(18(19)21)16(13)15(11)12/h5-8H,2-4,9-10H2,1H3. The third kappa shape index (κ3) is 1.74. The van der Waals surface area contributed by atoms with Crippen LogP contribution >= 0.6 is 0 Å². The molecule has 0 fully saturated rings. The highest BCUT2D eigenvalue weighted by atomic mass is 16.5. The first kappa shape index (κ1) is 13.5. The van der Waals surface area contributed by atoms with E-state index in [0.29, 0.717) is 30.7 Å². The van der Waals surface area contributed by atoms with Crippen molar-refractivity contribution in [3.8, 4) is 0 Å². The summed E-state index contributed by atoms with van der Waals surface area (Å²) in [5.74, 6) is -0.353. The van der Waals surface area contributed by atoms with Gasteiger partial charge < -0.3 is 4.74 Å². The molecule has 0 radical (unpaired) electrons. The number of ether oxygens (including phenoxy) is 1. The zero-order valence-corrected chi connectivity index (χ0v) is 12.5. The van der Waals surface area contributed by atoms with Crippen molar-refractivity contribution in [3.05, 3.63) is 46.5 Å². The molecule has 0 bridgehead atoms. The van der Waals surface area contributed by atoms with Crippen LogP contribution in [0.4, 0.5) is 0 Å². The van der Waals surface area contributed by atoms with E-state index >= 15 is 0 Å². The van der Waals surface area contributed by atoms with Crippen LogP contribution in [0.2, 0.25) is 0 Å². The number of carbonyl (C=O) groups excluding carboxylic acids is 2. The second-order valence-electron chi connectivity index (χ2n) is 5.90. The topological polar surface area (TPSA) is 46.6 Å². The molecule has 2 amide bonds. The Balaban J connectivity index is 1.86. The smallest absolute Gasteiger partial charge is 0.261 e. The fraction of sp³-hybridized carbons (Fsp3) is 0.333. The lowest BCUT2D eigenvalue weighted by Gasteiger charge is -2.27. The average Bonchev–Trinajstić information content (AvgIpc) is 2.95. The van der Waals surface area contributed by atoms with Crippen LogP contribution < -0.4 is 0 Å². The van der Waals surface area contributed by atoms with E-state index in [1.807, 2.05) is 24.3 Å². The molecule has 1 aliphatic heterocycles. The van der Waals surface area contributed by atoms with E-state index in [9.17, 15) is 9.59 Å². The molecule has 2 aliphatic rings. The van der Waals surface area contributed by atoms with Crippen LogP contribution in [0, 0.1) is 0 Å². The molecule has 0 saturated heterocycles. The number of amides is 2. The third-order valence-electron chi connectivity index (χ3n) is 4.68. The number of aryl methyl sites for hydroxylation is 2. The lowest BCUT2D eigenvalue weighted by Crippen LogP contribution is -2.41. The summed E-state index contributed by atoms with van der Waals surface area (Å²) in [5.41, 5.74) is 3.83. The van der Waals surface area contributed by atoms with Gasteiger partial charge >= 0.3 is 0 Å². The molecule has 1 aliphatic carbocycles. The molecule has 2 aromatic rings. The maximum Gasteiger partial charge on any atom is 0.261 e. The van der Waals surface area contributed by atoms with Crippen LogP contribution in [0.3, 0.4) is 0 Å². The molecule has 0 aromatic heterocycles. The van der Waals surface area contributed by atoms with Crippen molar-refractivity contribution in [2.75, 3.05) is 20.3 Å². The number of hydrogen-bond acceptors (Lipinski definition) is 3. The molecule has 0 unspecified atom stereocenters. The predicted octanol–water partition coefficient (Wildman–Crippen LogP) is 2.57. The number of carbonyl (C=O) groups is 2. The van der Waals surface area contributed by atoms with Gasteiger partial charge in [0, 0.05) is 36.8 Å². The van der Waals surface area contributed by atoms with Gasteiger partial charge in [-0.05, 0) is 47.9 Å². The Morgan fingerprint density at radius 2 is 1.55 bits per heavy atom. The maximum atomic E-state index is 12.7. The van der Waals surface area contributed by atoms with E-state index in [2.05, 4.69) is 0 Å². The van der Waals surface area contributed by atoms with Crippen molar-refractivity contribution in [3.63, 3.8) is 0 Å². The van der Waals surface area contributed by atoms with Gasteiger partial charge in [0.2, 0.25) is 0 Å². The van der Waals surface area contributed by atoms with Gasteiger partial charge in [-0.3, -0.25) is 14.5 Å². The first-order valence-electron chi connectivity index (χ1n) is 7.65. The second kappa shape index (κ2) is 4.92. The molecule has 1 heterocycles. The fourth-order valence-corrected chi connectivity index (χ4v) is 3.64. The van der Waals surface area contributed by atoms with E-state index in [4.69, 9.17) is 4.74 Å². The summed E-state index contributed by atoms with van der Waals surface area (Å²) in [6.45, 7) is 0.938. The van der Waals surface area contributed by atoms with E-state index in [0.717, 1.165) is 23.6 Å². The Labute approximate surface area is 128 Å². The Kier molecular flexibility index (Phi) is 3.01.